The van der Waals surface area contributed by atoms with Crippen molar-refractivity contribution in [3.05, 3.63) is 340 Å². The molecule has 548 valence electrons. The zero-order chi connectivity index (χ0) is 77.5. The highest BCUT2D eigenvalue weighted by Gasteiger charge is 2.25. The number of aromatic nitrogens is 14. The first-order chi connectivity index (χ1) is 58.4. The third-order valence-corrected chi connectivity index (χ3v) is 25.7. The summed E-state index contributed by atoms with van der Waals surface area (Å²) in [5, 5.41) is 13.0. The van der Waals surface area contributed by atoms with Crippen molar-refractivity contribution in [2.75, 3.05) is 0 Å². The molecule has 11 heterocycles. The van der Waals surface area contributed by atoms with Crippen LogP contribution in [0.1, 0.15) is 0 Å². The molecule has 24 rings (SSSR count). The van der Waals surface area contributed by atoms with Crippen molar-refractivity contribution in [1.29, 1.82) is 0 Å². The third kappa shape index (κ3) is 11.5. The van der Waals surface area contributed by atoms with Crippen molar-refractivity contribution in [3.63, 3.8) is 0 Å². The third-order valence-electron chi connectivity index (χ3n) is 22.3. The Labute approximate surface area is 684 Å². The van der Waals surface area contributed by atoms with E-state index in [0.717, 1.165) is 162 Å². The SMILES string of the molecule is c1ccc(-c2nc(-c3ccc(-c4nc(-c5ccc6sc7ccc(-c8ccc9cnc(-c%10nc(-c%11ccc(-c%12nc(-c%13ccc%14c%15ccccc%15n(-c%15ccccc%15)c%14c%13)c%13sc%14ccccc%14c%13n%12)cc%11)nc(-c%11cc%12ccccc%12cn%11)n%10)cc9c8)cc7c6c5)c5sc6ccccc6c5n4)cc3)nc(-c3cc4ccccc4cn3)n2)cc1. The van der Waals surface area contributed by atoms with Crippen molar-refractivity contribution in [2.45, 2.75) is 0 Å². The van der Waals surface area contributed by atoms with Gasteiger partial charge in [0.2, 0.25) is 0 Å². The van der Waals surface area contributed by atoms with E-state index in [0.29, 0.717) is 63.7 Å². The van der Waals surface area contributed by atoms with Crippen LogP contribution in [0.4, 0.5) is 0 Å². The van der Waals surface area contributed by atoms with Crippen LogP contribution in [0.15, 0.2) is 340 Å². The van der Waals surface area contributed by atoms with Crippen molar-refractivity contribution in [1.82, 2.24) is 69.4 Å². The van der Waals surface area contributed by atoms with Crippen LogP contribution in [0.25, 0.3) is 246 Å². The van der Waals surface area contributed by atoms with Crippen LogP contribution in [0.5, 0.6) is 0 Å². The van der Waals surface area contributed by atoms with Crippen LogP contribution >= 0.6 is 34.0 Å². The number of nitrogens with zero attached hydrogens (tertiary/aromatic N) is 14. The molecule has 14 nitrogen and oxygen atoms in total. The maximum Gasteiger partial charge on any atom is 0.182 e. The van der Waals surface area contributed by atoms with Gasteiger partial charge in [-0.05, 0) is 112 Å². The van der Waals surface area contributed by atoms with Crippen molar-refractivity contribution in [2.24, 2.45) is 0 Å². The zero-order valence-electron chi connectivity index (χ0n) is 62.3. The van der Waals surface area contributed by atoms with E-state index in [9.17, 15) is 0 Å². The molecule has 0 fully saturated rings. The molecule has 0 unspecified atom stereocenters. The Morgan fingerprint density at radius 2 is 0.568 bits per heavy atom. The van der Waals surface area contributed by atoms with Crippen molar-refractivity contribution in [3.8, 4) is 131 Å². The van der Waals surface area contributed by atoms with Crippen LogP contribution in [-0.2, 0) is 0 Å². The second kappa shape index (κ2) is 27.2. The van der Waals surface area contributed by atoms with Crippen LogP contribution in [0, 0.1) is 0 Å². The highest BCUT2D eigenvalue weighted by molar-refractivity contribution is 7.27. The maximum absolute atomic E-state index is 5.50. The van der Waals surface area contributed by atoms with Gasteiger partial charge in [0.05, 0.1) is 42.9 Å². The van der Waals surface area contributed by atoms with Gasteiger partial charge in [-0.3, -0.25) is 15.0 Å². The van der Waals surface area contributed by atoms with E-state index in [2.05, 4.69) is 235 Å². The fourth-order valence-electron chi connectivity index (χ4n) is 16.4. The predicted molar refractivity (Wildman–Crippen MR) is 483 cm³/mol. The van der Waals surface area contributed by atoms with E-state index in [4.69, 9.17) is 64.8 Å². The minimum atomic E-state index is 0.417. The molecular weight excluding hydrogens is 1510 g/mol. The fourth-order valence-corrected chi connectivity index (χ4v) is 19.7. The molecule has 118 heavy (non-hydrogen) atoms. The molecule has 0 aliphatic carbocycles. The average molecular weight is 1560 g/mol. The number of para-hydroxylation sites is 2. The fraction of sp³-hybridized carbons (Fsp3) is 0. The number of fused-ring (bicyclic) bond motifs is 15. The lowest BCUT2D eigenvalue weighted by molar-refractivity contribution is 1.05. The Morgan fingerprint density at radius 3 is 1.12 bits per heavy atom. The molecule has 0 N–H and O–H groups in total. The Balaban J connectivity index is 0.572. The van der Waals surface area contributed by atoms with E-state index in [-0.39, 0.29) is 0 Å². The predicted octanol–water partition coefficient (Wildman–Crippen LogP) is 25.8. The number of pyridine rings is 3. The summed E-state index contributed by atoms with van der Waals surface area (Å²) in [5.74, 6) is 4.14. The van der Waals surface area contributed by atoms with E-state index >= 15 is 0 Å². The van der Waals surface area contributed by atoms with Gasteiger partial charge in [0.25, 0.3) is 0 Å². The molecule has 0 spiro atoms. The lowest BCUT2D eigenvalue weighted by Crippen LogP contribution is -2.02. The molecule has 0 saturated heterocycles. The molecule has 0 radical (unpaired) electrons. The number of hydrogen-bond acceptors (Lipinski definition) is 16. The number of rotatable bonds is 12. The molecule has 11 aromatic heterocycles. The first-order valence-electron chi connectivity index (χ1n) is 38.7. The van der Waals surface area contributed by atoms with E-state index in [1.165, 1.54) is 20.2 Å². The summed E-state index contributed by atoms with van der Waals surface area (Å²) < 4.78 is 9.09. The molecule has 0 aliphatic rings. The first kappa shape index (κ1) is 67.3. The van der Waals surface area contributed by atoms with Crippen molar-refractivity contribution >= 4 is 149 Å². The van der Waals surface area contributed by atoms with Crippen LogP contribution in [0.2, 0.25) is 0 Å². The van der Waals surface area contributed by atoms with E-state index in [1.54, 1.807) is 34.0 Å². The summed E-state index contributed by atoms with van der Waals surface area (Å²) in [6.07, 6.45) is 5.65. The van der Waals surface area contributed by atoms with Gasteiger partial charge < -0.3 is 4.57 Å². The van der Waals surface area contributed by atoms with Crippen LogP contribution < -0.4 is 0 Å². The summed E-state index contributed by atoms with van der Waals surface area (Å²) >= 11 is 5.24. The molecule has 0 aliphatic heterocycles. The minimum Gasteiger partial charge on any atom is -0.309 e. The lowest BCUT2D eigenvalue weighted by Gasteiger charge is -2.11. The Bertz CT molecular complexity index is 8270. The van der Waals surface area contributed by atoms with Gasteiger partial charge in [0.15, 0.2) is 46.6 Å². The monoisotopic (exact) mass is 1560 g/mol. The summed E-state index contributed by atoms with van der Waals surface area (Å²) in [5.41, 5.74) is 17.2. The van der Waals surface area contributed by atoms with E-state index < -0.39 is 0 Å². The van der Waals surface area contributed by atoms with Gasteiger partial charge in [-0.15, -0.1) is 34.0 Å². The molecule has 0 bridgehead atoms. The molecule has 17 heteroatoms. The largest absolute Gasteiger partial charge is 0.309 e. The van der Waals surface area contributed by atoms with Crippen LogP contribution in [0.3, 0.4) is 0 Å². The molecule has 24 aromatic rings. The Morgan fingerprint density at radius 1 is 0.203 bits per heavy atom. The normalized spacial score (nSPS) is 11.9. The van der Waals surface area contributed by atoms with Gasteiger partial charge in [0, 0.05) is 130 Å². The number of benzene rings is 13. The summed E-state index contributed by atoms with van der Waals surface area (Å²) in [6.45, 7) is 0. The number of thiophene rings is 3. The molecular formula is C101H56N14S3. The molecule has 0 amide bonds. The Hall–Kier alpha value is -15.3. The van der Waals surface area contributed by atoms with Gasteiger partial charge in [-0.25, -0.2) is 49.8 Å². The summed E-state index contributed by atoms with van der Waals surface area (Å²) in [6, 6.07) is 112. The van der Waals surface area contributed by atoms with Gasteiger partial charge in [-0.2, -0.15) is 0 Å². The smallest absolute Gasteiger partial charge is 0.182 e. The quantitative estimate of drug-likeness (QED) is 0.113. The summed E-state index contributed by atoms with van der Waals surface area (Å²) in [4.78, 5) is 67.3. The van der Waals surface area contributed by atoms with E-state index in [1.807, 2.05) is 110 Å². The highest BCUT2D eigenvalue weighted by atomic mass is 32.1. The molecule has 0 saturated carbocycles. The molecule has 0 atom stereocenters. The average Bonchev–Trinajstić information content (AvgIpc) is 1.57. The standard InChI is InChI=1S/C101H56N14S3/c1-3-17-57(18-4-1)96-109-97(111-99(110-96)79-50-62-19-7-9-21-68(62)54-102-79)60-35-31-58(32-36-60)94-105-88(92-90(107-94)75-26-12-15-29-84(75)117-92)66-43-46-87-78(49-66)77-48-65(42-45-86(77)116-87)64-39-40-70-56-104-81(52-71(70)47-64)101-113-98(112-100(114-101)80-51-63-20-8-10-22-69(63)55-103-80)61-37-33-59(34-38-61)95-106-89(93-91(108-95)76-27-13-16-30-85(76)118-93)67-41-44-74-73-25-11-14-28-82(73)115(83(74)53-67)72-23-5-2-6-24-72/h1-56H. The highest BCUT2D eigenvalue weighted by Crippen LogP contribution is 2.46. The van der Waals surface area contributed by atoms with Crippen LogP contribution in [-0.4, -0.2) is 69.4 Å². The Kier molecular flexibility index (Phi) is 15.5. The maximum atomic E-state index is 5.50. The van der Waals surface area contributed by atoms with Crippen molar-refractivity contribution < 1.29 is 0 Å². The lowest BCUT2D eigenvalue weighted by atomic mass is 9.99. The van der Waals surface area contributed by atoms with Gasteiger partial charge >= 0.3 is 0 Å². The summed E-state index contributed by atoms with van der Waals surface area (Å²) in [7, 11) is 0. The van der Waals surface area contributed by atoms with Gasteiger partial charge in [0.1, 0.15) is 17.1 Å². The van der Waals surface area contributed by atoms with Gasteiger partial charge in [-0.1, -0.05) is 237 Å². The number of hydrogen-bond donors (Lipinski definition) is 0. The minimum absolute atomic E-state index is 0.417. The zero-order valence-corrected chi connectivity index (χ0v) is 64.8. The second-order valence-corrected chi connectivity index (χ2v) is 32.6. The molecule has 13 aromatic carbocycles. The first-order valence-corrected chi connectivity index (χ1v) is 41.2. The topological polar surface area (TPSA) is 172 Å². The second-order valence-electron chi connectivity index (χ2n) is 29.4.